The molecule has 0 aliphatic heterocycles. The number of anilines is 1. The molecule has 134 valence electrons. The molecule has 0 aliphatic carbocycles. The first-order valence-corrected chi connectivity index (χ1v) is 8.85. The van der Waals surface area contributed by atoms with Crippen LogP contribution < -0.4 is 15.4 Å². The number of carbonyl (C=O) groups is 1. The van der Waals surface area contributed by atoms with Crippen molar-refractivity contribution < 1.29 is 9.53 Å². The van der Waals surface area contributed by atoms with Crippen LogP contribution >= 0.6 is 0 Å². The molecule has 1 amide bonds. The molecule has 4 heteroatoms. The molecular formula is C21H28N2O2. The Hall–Kier alpha value is -2.49. The fourth-order valence-corrected chi connectivity index (χ4v) is 2.69. The van der Waals surface area contributed by atoms with E-state index in [4.69, 9.17) is 4.74 Å². The van der Waals surface area contributed by atoms with Crippen molar-refractivity contribution in [2.75, 3.05) is 25.0 Å². The second kappa shape index (κ2) is 9.72. The maximum absolute atomic E-state index is 11.9. The summed E-state index contributed by atoms with van der Waals surface area (Å²) in [6.45, 7) is 7.91. The van der Waals surface area contributed by atoms with Gasteiger partial charge in [-0.1, -0.05) is 38.1 Å². The normalized spacial score (nSPS) is 10.6. The van der Waals surface area contributed by atoms with Crippen molar-refractivity contribution in [3.63, 3.8) is 0 Å². The van der Waals surface area contributed by atoms with Crippen LogP contribution in [0.5, 0.6) is 5.75 Å². The lowest BCUT2D eigenvalue weighted by molar-refractivity contribution is -0.123. The zero-order valence-corrected chi connectivity index (χ0v) is 15.3. The number of rotatable bonds is 9. The molecule has 0 aromatic heterocycles. The third-order valence-corrected chi connectivity index (χ3v) is 4.01. The molecule has 0 fully saturated rings. The third kappa shape index (κ3) is 6.49. The largest absolute Gasteiger partial charge is 0.484 e. The topological polar surface area (TPSA) is 50.4 Å². The lowest BCUT2D eigenvalue weighted by Crippen LogP contribution is -2.30. The highest BCUT2D eigenvalue weighted by Gasteiger charge is 2.06. The molecule has 25 heavy (non-hydrogen) atoms. The Bertz CT molecular complexity index is 669. The lowest BCUT2D eigenvalue weighted by atomic mass is 9.98. The number of carbonyl (C=O) groups excluding carboxylic acids is 1. The van der Waals surface area contributed by atoms with Crippen molar-refractivity contribution in [2.24, 2.45) is 0 Å². The smallest absolute Gasteiger partial charge is 0.257 e. The molecule has 0 radical (unpaired) electrons. The fraction of sp³-hybridized carbons (Fsp3) is 0.381. The molecule has 2 N–H and O–H groups in total. The monoisotopic (exact) mass is 340 g/mol. The number of para-hydroxylation sites is 1. The average Bonchev–Trinajstić information content (AvgIpc) is 2.60. The van der Waals surface area contributed by atoms with Crippen LogP contribution in [0.15, 0.2) is 48.5 Å². The van der Waals surface area contributed by atoms with Gasteiger partial charge >= 0.3 is 0 Å². The van der Waals surface area contributed by atoms with Crippen molar-refractivity contribution in [1.82, 2.24) is 5.32 Å². The molecule has 2 rings (SSSR count). The minimum Gasteiger partial charge on any atom is -0.484 e. The summed E-state index contributed by atoms with van der Waals surface area (Å²) in [7, 11) is 0. The summed E-state index contributed by atoms with van der Waals surface area (Å²) in [5.74, 6) is 1.13. The summed E-state index contributed by atoms with van der Waals surface area (Å²) in [4.78, 5) is 11.9. The first-order valence-electron chi connectivity index (χ1n) is 8.85. The van der Waals surface area contributed by atoms with E-state index in [-0.39, 0.29) is 12.5 Å². The summed E-state index contributed by atoms with van der Waals surface area (Å²) in [5.41, 5.74) is 3.60. The van der Waals surface area contributed by atoms with Gasteiger partial charge in [-0.05, 0) is 54.7 Å². The van der Waals surface area contributed by atoms with Gasteiger partial charge in [-0.2, -0.15) is 0 Å². The molecule has 0 atom stereocenters. The third-order valence-electron chi connectivity index (χ3n) is 4.01. The van der Waals surface area contributed by atoms with Gasteiger partial charge in [0.05, 0.1) is 0 Å². The number of amides is 1. The van der Waals surface area contributed by atoms with E-state index in [1.54, 1.807) is 0 Å². The first kappa shape index (κ1) is 18.8. The van der Waals surface area contributed by atoms with Crippen LogP contribution in [-0.4, -0.2) is 25.6 Å². The van der Waals surface area contributed by atoms with E-state index in [0.29, 0.717) is 12.5 Å². The van der Waals surface area contributed by atoms with Crippen LogP contribution in [0, 0.1) is 6.92 Å². The SMILES string of the molecule is Cc1cc(OCC(=O)NCCCNc2ccccc2)ccc1C(C)C. The van der Waals surface area contributed by atoms with Gasteiger partial charge in [-0.3, -0.25) is 4.79 Å². The number of hydrogen-bond acceptors (Lipinski definition) is 3. The van der Waals surface area contributed by atoms with E-state index in [1.807, 2.05) is 42.5 Å². The second-order valence-electron chi connectivity index (χ2n) is 6.46. The Labute approximate surface area is 150 Å². The molecule has 0 heterocycles. The molecule has 0 saturated heterocycles. The van der Waals surface area contributed by atoms with Gasteiger partial charge in [0.2, 0.25) is 0 Å². The molecule has 0 bridgehead atoms. The highest BCUT2D eigenvalue weighted by molar-refractivity contribution is 5.77. The van der Waals surface area contributed by atoms with E-state index >= 15 is 0 Å². The lowest BCUT2D eigenvalue weighted by Gasteiger charge is -2.12. The van der Waals surface area contributed by atoms with Gasteiger partial charge in [0, 0.05) is 18.8 Å². The molecule has 0 unspecified atom stereocenters. The standard InChI is InChI=1S/C21H28N2O2/c1-16(2)20-11-10-19(14-17(20)3)25-15-21(24)23-13-7-12-22-18-8-5-4-6-9-18/h4-6,8-11,14,16,22H,7,12-13,15H2,1-3H3,(H,23,24). The quantitative estimate of drug-likeness (QED) is 0.675. The zero-order chi connectivity index (χ0) is 18.1. The van der Waals surface area contributed by atoms with Crippen molar-refractivity contribution in [3.8, 4) is 5.75 Å². The predicted octanol–water partition coefficient (Wildman–Crippen LogP) is 4.12. The van der Waals surface area contributed by atoms with Gasteiger partial charge < -0.3 is 15.4 Å². The Kier molecular flexibility index (Phi) is 7.33. The molecule has 0 saturated carbocycles. The molecule has 2 aromatic carbocycles. The Balaban J connectivity index is 1.63. The van der Waals surface area contributed by atoms with Crippen LogP contribution in [0.2, 0.25) is 0 Å². The molecule has 4 nitrogen and oxygen atoms in total. The molecular weight excluding hydrogens is 312 g/mol. The summed E-state index contributed by atoms with van der Waals surface area (Å²) >= 11 is 0. The first-order chi connectivity index (χ1) is 12.1. The summed E-state index contributed by atoms with van der Waals surface area (Å²) in [6.07, 6.45) is 0.864. The molecule has 0 spiro atoms. The maximum atomic E-state index is 11.9. The Morgan fingerprint density at radius 2 is 1.84 bits per heavy atom. The fourth-order valence-electron chi connectivity index (χ4n) is 2.69. The zero-order valence-electron chi connectivity index (χ0n) is 15.3. The van der Waals surface area contributed by atoms with Crippen molar-refractivity contribution in [2.45, 2.75) is 33.1 Å². The van der Waals surface area contributed by atoms with Gasteiger partial charge in [0.1, 0.15) is 5.75 Å². The molecule has 0 aliphatic rings. The number of aryl methyl sites for hydroxylation is 1. The minimum atomic E-state index is -0.0923. The van der Waals surface area contributed by atoms with E-state index in [2.05, 4.69) is 37.5 Å². The average molecular weight is 340 g/mol. The highest BCUT2D eigenvalue weighted by atomic mass is 16.5. The van der Waals surface area contributed by atoms with Gasteiger partial charge in [0.15, 0.2) is 6.61 Å². The summed E-state index contributed by atoms with van der Waals surface area (Å²) in [6, 6.07) is 16.0. The van der Waals surface area contributed by atoms with Crippen LogP contribution in [0.1, 0.15) is 37.3 Å². The highest BCUT2D eigenvalue weighted by Crippen LogP contribution is 2.23. The van der Waals surface area contributed by atoms with Gasteiger partial charge in [-0.25, -0.2) is 0 Å². The number of hydrogen-bond donors (Lipinski definition) is 2. The van der Waals surface area contributed by atoms with Crippen LogP contribution in [-0.2, 0) is 4.79 Å². The van der Waals surface area contributed by atoms with Gasteiger partial charge in [-0.15, -0.1) is 0 Å². The number of ether oxygens (including phenoxy) is 1. The van der Waals surface area contributed by atoms with E-state index in [9.17, 15) is 4.79 Å². The Morgan fingerprint density at radius 3 is 2.52 bits per heavy atom. The van der Waals surface area contributed by atoms with Gasteiger partial charge in [0.25, 0.3) is 5.91 Å². The number of nitrogens with one attached hydrogen (secondary N) is 2. The molecule has 2 aromatic rings. The Morgan fingerprint density at radius 1 is 1.08 bits per heavy atom. The van der Waals surface area contributed by atoms with E-state index < -0.39 is 0 Å². The second-order valence-corrected chi connectivity index (χ2v) is 6.46. The summed E-state index contributed by atoms with van der Waals surface area (Å²) < 4.78 is 5.58. The predicted molar refractivity (Wildman–Crippen MR) is 103 cm³/mol. The minimum absolute atomic E-state index is 0.0482. The van der Waals surface area contributed by atoms with Crippen LogP contribution in [0.25, 0.3) is 0 Å². The van der Waals surface area contributed by atoms with Crippen molar-refractivity contribution in [3.05, 3.63) is 59.7 Å². The van der Waals surface area contributed by atoms with E-state index in [0.717, 1.165) is 24.4 Å². The maximum Gasteiger partial charge on any atom is 0.257 e. The summed E-state index contributed by atoms with van der Waals surface area (Å²) in [5, 5.41) is 6.19. The van der Waals surface area contributed by atoms with E-state index in [1.165, 1.54) is 11.1 Å². The van der Waals surface area contributed by atoms with Crippen molar-refractivity contribution in [1.29, 1.82) is 0 Å². The van der Waals surface area contributed by atoms with Crippen LogP contribution in [0.4, 0.5) is 5.69 Å². The van der Waals surface area contributed by atoms with Crippen molar-refractivity contribution >= 4 is 11.6 Å². The number of benzene rings is 2. The van der Waals surface area contributed by atoms with Crippen LogP contribution in [0.3, 0.4) is 0 Å².